The number of carboxylic acid groups (broad SMARTS) is 1. The number of alkyl halides is 3. The van der Waals surface area contributed by atoms with Crippen LogP contribution in [0.5, 0.6) is 0 Å². The van der Waals surface area contributed by atoms with Crippen molar-refractivity contribution in [2.75, 3.05) is 0 Å². The fourth-order valence-corrected chi connectivity index (χ4v) is 1.21. The SMILES string of the molecule is O=C(O)c1cc(C(F)(F)F)c(Br)cn1. The average Bonchev–Trinajstić information content (AvgIpc) is 2.02. The van der Waals surface area contributed by atoms with E-state index in [9.17, 15) is 18.0 Å². The van der Waals surface area contributed by atoms with Crippen molar-refractivity contribution in [2.45, 2.75) is 6.18 Å². The van der Waals surface area contributed by atoms with Crippen LogP contribution in [0.3, 0.4) is 0 Å². The first-order valence-electron chi connectivity index (χ1n) is 3.28. The summed E-state index contributed by atoms with van der Waals surface area (Å²) in [5, 5.41) is 8.42. The molecule has 0 bridgehead atoms. The molecule has 0 aliphatic carbocycles. The van der Waals surface area contributed by atoms with Crippen molar-refractivity contribution in [1.82, 2.24) is 4.98 Å². The third-order valence-corrected chi connectivity index (χ3v) is 2.01. The van der Waals surface area contributed by atoms with E-state index in [0.29, 0.717) is 6.07 Å². The zero-order chi connectivity index (χ0) is 10.9. The molecule has 0 fully saturated rings. The number of halogens is 4. The number of aromatic nitrogens is 1. The summed E-state index contributed by atoms with van der Waals surface area (Å²) >= 11 is 2.64. The lowest BCUT2D eigenvalue weighted by atomic mass is 10.2. The van der Waals surface area contributed by atoms with Crippen molar-refractivity contribution in [3.63, 3.8) is 0 Å². The van der Waals surface area contributed by atoms with Gasteiger partial charge in [-0.1, -0.05) is 0 Å². The van der Waals surface area contributed by atoms with Crippen LogP contribution in [-0.2, 0) is 6.18 Å². The molecule has 0 saturated carbocycles. The molecule has 0 saturated heterocycles. The highest BCUT2D eigenvalue weighted by molar-refractivity contribution is 9.10. The van der Waals surface area contributed by atoms with Crippen LogP contribution in [0.15, 0.2) is 16.7 Å². The van der Waals surface area contributed by atoms with Gasteiger partial charge in [-0.05, 0) is 22.0 Å². The maximum Gasteiger partial charge on any atom is 0.417 e. The van der Waals surface area contributed by atoms with Crippen LogP contribution >= 0.6 is 15.9 Å². The summed E-state index contributed by atoms with van der Waals surface area (Å²) < 4.78 is 36.4. The highest BCUT2D eigenvalue weighted by Crippen LogP contribution is 2.34. The molecule has 14 heavy (non-hydrogen) atoms. The van der Waals surface area contributed by atoms with Crippen LogP contribution in [0.25, 0.3) is 0 Å². The lowest BCUT2D eigenvalue weighted by molar-refractivity contribution is -0.138. The molecule has 0 radical (unpaired) electrons. The summed E-state index contributed by atoms with van der Waals surface area (Å²) in [6.45, 7) is 0. The standard InChI is InChI=1S/C7H3BrF3NO2/c8-4-2-12-5(6(13)14)1-3(4)7(9,10)11/h1-2H,(H,13,14). The fraction of sp³-hybridized carbons (Fsp3) is 0.143. The van der Waals surface area contributed by atoms with E-state index in [0.717, 1.165) is 6.20 Å². The molecule has 3 nitrogen and oxygen atoms in total. The maximum absolute atomic E-state index is 12.2. The molecule has 1 N–H and O–H groups in total. The Hall–Kier alpha value is -1.11. The Kier molecular flexibility index (Phi) is 2.79. The first-order valence-corrected chi connectivity index (χ1v) is 4.07. The summed E-state index contributed by atoms with van der Waals surface area (Å²) in [4.78, 5) is 13.7. The van der Waals surface area contributed by atoms with Crippen LogP contribution in [-0.4, -0.2) is 16.1 Å². The highest BCUT2D eigenvalue weighted by atomic mass is 79.9. The van der Waals surface area contributed by atoms with Crippen molar-refractivity contribution in [1.29, 1.82) is 0 Å². The summed E-state index contributed by atoms with van der Waals surface area (Å²) in [5.74, 6) is -1.50. The molecule has 76 valence electrons. The Bertz CT molecular complexity index is 378. The third kappa shape index (κ3) is 2.22. The van der Waals surface area contributed by atoms with Crippen molar-refractivity contribution < 1.29 is 23.1 Å². The lowest BCUT2D eigenvalue weighted by Gasteiger charge is -2.08. The first kappa shape index (κ1) is 11.0. The number of pyridine rings is 1. The van der Waals surface area contributed by atoms with Crippen LogP contribution in [0, 0.1) is 0 Å². The molecule has 0 aromatic carbocycles. The van der Waals surface area contributed by atoms with Crippen LogP contribution in [0.2, 0.25) is 0 Å². The minimum Gasteiger partial charge on any atom is -0.477 e. The number of aromatic carboxylic acids is 1. The largest absolute Gasteiger partial charge is 0.477 e. The average molecular weight is 270 g/mol. The molecule has 0 atom stereocenters. The van der Waals surface area contributed by atoms with Crippen molar-refractivity contribution in [3.8, 4) is 0 Å². The van der Waals surface area contributed by atoms with Gasteiger partial charge in [0.15, 0.2) is 0 Å². The quantitative estimate of drug-likeness (QED) is 0.853. The van der Waals surface area contributed by atoms with Gasteiger partial charge in [0.25, 0.3) is 0 Å². The molecule has 7 heteroatoms. The monoisotopic (exact) mass is 269 g/mol. The highest BCUT2D eigenvalue weighted by Gasteiger charge is 2.34. The van der Waals surface area contributed by atoms with E-state index >= 15 is 0 Å². The molecule has 1 heterocycles. The number of carbonyl (C=O) groups is 1. The Morgan fingerprint density at radius 3 is 2.50 bits per heavy atom. The number of nitrogens with zero attached hydrogens (tertiary/aromatic N) is 1. The van der Waals surface area contributed by atoms with Gasteiger partial charge in [0, 0.05) is 10.7 Å². The minimum atomic E-state index is -4.59. The molecule has 1 rings (SSSR count). The summed E-state index contributed by atoms with van der Waals surface area (Å²) in [6.07, 6.45) is -3.78. The first-order chi connectivity index (χ1) is 6.32. The Morgan fingerprint density at radius 1 is 1.50 bits per heavy atom. The van der Waals surface area contributed by atoms with Crippen LogP contribution in [0.4, 0.5) is 13.2 Å². The second-order valence-electron chi connectivity index (χ2n) is 2.35. The van der Waals surface area contributed by atoms with E-state index in [-0.39, 0.29) is 4.47 Å². The number of rotatable bonds is 1. The second kappa shape index (κ2) is 3.56. The zero-order valence-electron chi connectivity index (χ0n) is 6.47. The van der Waals surface area contributed by atoms with Gasteiger partial charge in [0.2, 0.25) is 0 Å². The minimum absolute atomic E-state index is 0.282. The number of carboxylic acids is 1. The fourth-order valence-electron chi connectivity index (χ4n) is 0.773. The van der Waals surface area contributed by atoms with Crippen molar-refractivity contribution in [3.05, 3.63) is 28.0 Å². The summed E-state index contributed by atoms with van der Waals surface area (Å²) in [7, 11) is 0. The Morgan fingerprint density at radius 2 is 2.07 bits per heavy atom. The van der Waals surface area contributed by atoms with Crippen molar-refractivity contribution >= 4 is 21.9 Å². The molecular weight excluding hydrogens is 267 g/mol. The van der Waals surface area contributed by atoms with E-state index < -0.39 is 23.4 Å². The van der Waals surface area contributed by atoms with Gasteiger partial charge in [-0.2, -0.15) is 13.2 Å². The topological polar surface area (TPSA) is 50.2 Å². The molecule has 1 aromatic rings. The molecule has 0 unspecified atom stereocenters. The predicted molar refractivity (Wildman–Crippen MR) is 43.9 cm³/mol. The number of hydrogen-bond donors (Lipinski definition) is 1. The zero-order valence-corrected chi connectivity index (χ0v) is 8.06. The number of hydrogen-bond acceptors (Lipinski definition) is 2. The van der Waals surface area contributed by atoms with Gasteiger partial charge in [-0.3, -0.25) is 0 Å². The van der Waals surface area contributed by atoms with Gasteiger partial charge < -0.3 is 5.11 Å². The molecule has 0 amide bonds. The summed E-state index contributed by atoms with van der Waals surface area (Å²) in [6, 6.07) is 0.479. The van der Waals surface area contributed by atoms with Crippen LogP contribution in [0.1, 0.15) is 16.1 Å². The molecule has 1 aromatic heterocycles. The van der Waals surface area contributed by atoms with Crippen LogP contribution < -0.4 is 0 Å². The van der Waals surface area contributed by atoms with E-state index in [1.807, 2.05) is 0 Å². The van der Waals surface area contributed by atoms with Gasteiger partial charge in [-0.25, -0.2) is 9.78 Å². The van der Waals surface area contributed by atoms with Crippen molar-refractivity contribution in [2.24, 2.45) is 0 Å². The van der Waals surface area contributed by atoms with E-state index in [2.05, 4.69) is 20.9 Å². The molecule has 0 spiro atoms. The van der Waals surface area contributed by atoms with Gasteiger partial charge in [0.05, 0.1) is 5.56 Å². The van der Waals surface area contributed by atoms with E-state index in [1.165, 1.54) is 0 Å². The van der Waals surface area contributed by atoms with Gasteiger partial charge in [0.1, 0.15) is 5.69 Å². The van der Waals surface area contributed by atoms with E-state index in [1.54, 1.807) is 0 Å². The predicted octanol–water partition coefficient (Wildman–Crippen LogP) is 2.56. The Labute approximate surface area is 84.7 Å². The molecule has 0 aliphatic heterocycles. The Balaban J connectivity index is 3.29. The smallest absolute Gasteiger partial charge is 0.417 e. The third-order valence-electron chi connectivity index (χ3n) is 1.38. The van der Waals surface area contributed by atoms with E-state index in [4.69, 9.17) is 5.11 Å². The van der Waals surface area contributed by atoms with Gasteiger partial charge >= 0.3 is 12.1 Å². The summed E-state index contributed by atoms with van der Waals surface area (Å²) in [5.41, 5.74) is -1.69. The molecular formula is C7H3BrF3NO2. The maximum atomic E-state index is 12.2. The molecule has 0 aliphatic rings. The second-order valence-corrected chi connectivity index (χ2v) is 3.21. The lowest BCUT2D eigenvalue weighted by Crippen LogP contribution is -2.10. The normalized spacial score (nSPS) is 11.4. The van der Waals surface area contributed by atoms with Gasteiger partial charge in [-0.15, -0.1) is 0 Å².